The summed E-state index contributed by atoms with van der Waals surface area (Å²) in [4.78, 5) is 13.9. The Labute approximate surface area is 114 Å². The first-order valence-electron chi connectivity index (χ1n) is 6.53. The molecule has 0 aromatic heterocycles. The zero-order chi connectivity index (χ0) is 13.7. The van der Waals surface area contributed by atoms with Gasteiger partial charge in [0.1, 0.15) is 0 Å². The zero-order valence-electron chi connectivity index (χ0n) is 10.9. The van der Waals surface area contributed by atoms with Gasteiger partial charge in [0, 0.05) is 13.0 Å². The number of rotatable bonds is 4. The van der Waals surface area contributed by atoms with E-state index >= 15 is 0 Å². The topological polar surface area (TPSA) is 54.5 Å². The van der Waals surface area contributed by atoms with E-state index in [2.05, 4.69) is 0 Å². The summed E-state index contributed by atoms with van der Waals surface area (Å²) < 4.78 is 23.0. The minimum absolute atomic E-state index is 0.144. The SMILES string of the molecule is O=C(Cc1ccccc1)CN1CCCS(=O)(=O)CC1. The van der Waals surface area contributed by atoms with Crippen LogP contribution in [0.5, 0.6) is 0 Å². The molecule has 0 unspecified atom stereocenters. The highest BCUT2D eigenvalue weighted by Gasteiger charge is 2.20. The van der Waals surface area contributed by atoms with E-state index in [4.69, 9.17) is 0 Å². The Morgan fingerprint density at radius 2 is 1.84 bits per heavy atom. The van der Waals surface area contributed by atoms with Gasteiger partial charge < -0.3 is 0 Å². The number of nitrogens with zero attached hydrogens (tertiary/aromatic N) is 1. The molecule has 0 N–H and O–H groups in total. The summed E-state index contributed by atoms with van der Waals surface area (Å²) >= 11 is 0. The second kappa shape index (κ2) is 6.30. The predicted octanol–water partition coefficient (Wildman–Crippen LogP) is 0.919. The minimum Gasteiger partial charge on any atom is -0.298 e. The zero-order valence-corrected chi connectivity index (χ0v) is 11.7. The van der Waals surface area contributed by atoms with E-state index < -0.39 is 9.84 Å². The molecule has 0 saturated carbocycles. The largest absolute Gasteiger partial charge is 0.298 e. The fourth-order valence-corrected chi connectivity index (χ4v) is 3.59. The molecule has 0 bridgehead atoms. The molecule has 1 heterocycles. The first-order valence-corrected chi connectivity index (χ1v) is 8.36. The maximum atomic E-state index is 12.0. The van der Waals surface area contributed by atoms with Crippen LogP contribution in [0.1, 0.15) is 12.0 Å². The molecule has 5 heteroatoms. The summed E-state index contributed by atoms with van der Waals surface area (Å²) in [6.45, 7) is 1.52. The lowest BCUT2D eigenvalue weighted by Gasteiger charge is -2.17. The Hall–Kier alpha value is -1.20. The van der Waals surface area contributed by atoms with Gasteiger partial charge in [-0.15, -0.1) is 0 Å². The quantitative estimate of drug-likeness (QED) is 0.823. The number of carbonyl (C=O) groups is 1. The Morgan fingerprint density at radius 1 is 1.11 bits per heavy atom. The van der Waals surface area contributed by atoms with Crippen molar-refractivity contribution in [3.63, 3.8) is 0 Å². The second-order valence-corrected chi connectivity index (χ2v) is 7.29. The summed E-state index contributed by atoms with van der Waals surface area (Å²) in [6, 6.07) is 9.63. The molecule has 0 aliphatic carbocycles. The van der Waals surface area contributed by atoms with Gasteiger partial charge in [0.25, 0.3) is 0 Å². The van der Waals surface area contributed by atoms with Gasteiger partial charge in [0.05, 0.1) is 18.1 Å². The van der Waals surface area contributed by atoms with Crippen molar-refractivity contribution >= 4 is 15.6 Å². The van der Waals surface area contributed by atoms with E-state index in [0.717, 1.165) is 5.56 Å². The van der Waals surface area contributed by atoms with Crippen molar-refractivity contribution < 1.29 is 13.2 Å². The van der Waals surface area contributed by atoms with Crippen LogP contribution in [0.3, 0.4) is 0 Å². The lowest BCUT2D eigenvalue weighted by Crippen LogP contribution is -2.33. The molecule has 1 fully saturated rings. The molecular formula is C14H19NO3S. The summed E-state index contributed by atoms with van der Waals surface area (Å²) in [7, 11) is -2.90. The molecule has 1 aliphatic heterocycles. The van der Waals surface area contributed by atoms with Gasteiger partial charge in [-0.1, -0.05) is 30.3 Å². The maximum absolute atomic E-state index is 12.0. The van der Waals surface area contributed by atoms with Crippen LogP contribution < -0.4 is 0 Å². The number of hydrogen-bond acceptors (Lipinski definition) is 4. The lowest BCUT2D eigenvalue weighted by molar-refractivity contribution is -0.119. The predicted molar refractivity (Wildman–Crippen MR) is 74.9 cm³/mol. The van der Waals surface area contributed by atoms with Crippen molar-refractivity contribution in [1.82, 2.24) is 4.90 Å². The molecule has 1 aromatic rings. The van der Waals surface area contributed by atoms with Crippen molar-refractivity contribution in [3.05, 3.63) is 35.9 Å². The smallest absolute Gasteiger partial charge is 0.151 e. The molecule has 0 atom stereocenters. The van der Waals surface area contributed by atoms with Crippen LogP contribution in [-0.2, 0) is 21.1 Å². The fraction of sp³-hybridized carbons (Fsp3) is 0.500. The number of ketones is 1. The molecular weight excluding hydrogens is 262 g/mol. The molecule has 0 spiro atoms. The van der Waals surface area contributed by atoms with E-state index in [1.807, 2.05) is 35.2 Å². The van der Waals surface area contributed by atoms with Crippen LogP contribution in [0.15, 0.2) is 30.3 Å². The van der Waals surface area contributed by atoms with Crippen molar-refractivity contribution in [2.45, 2.75) is 12.8 Å². The molecule has 0 amide bonds. The van der Waals surface area contributed by atoms with Gasteiger partial charge in [0.2, 0.25) is 0 Å². The van der Waals surface area contributed by atoms with E-state index in [-0.39, 0.29) is 17.3 Å². The average Bonchev–Trinajstić information content (AvgIpc) is 2.52. The number of Topliss-reactive ketones (excluding diaryl/α,β-unsaturated/α-hetero) is 1. The van der Waals surface area contributed by atoms with E-state index in [9.17, 15) is 13.2 Å². The Balaban J connectivity index is 1.86. The Bertz CT molecular complexity index is 525. The second-order valence-electron chi connectivity index (χ2n) is 4.98. The molecule has 1 aromatic carbocycles. The van der Waals surface area contributed by atoms with Gasteiger partial charge >= 0.3 is 0 Å². The third kappa shape index (κ3) is 4.76. The molecule has 1 saturated heterocycles. The normalized spacial score (nSPS) is 19.8. The molecule has 1 aliphatic rings. The van der Waals surface area contributed by atoms with Crippen LogP contribution in [0, 0.1) is 0 Å². The Morgan fingerprint density at radius 3 is 2.58 bits per heavy atom. The first-order chi connectivity index (χ1) is 9.05. The molecule has 104 valence electrons. The van der Waals surface area contributed by atoms with Gasteiger partial charge in [-0.3, -0.25) is 9.69 Å². The maximum Gasteiger partial charge on any atom is 0.151 e. The highest BCUT2D eigenvalue weighted by Crippen LogP contribution is 2.06. The van der Waals surface area contributed by atoms with Gasteiger partial charge in [-0.05, 0) is 18.5 Å². The summed E-state index contributed by atoms with van der Waals surface area (Å²) in [6.07, 6.45) is 1.05. The van der Waals surface area contributed by atoms with Crippen LogP contribution in [0.4, 0.5) is 0 Å². The van der Waals surface area contributed by atoms with Crippen molar-refractivity contribution in [2.75, 3.05) is 31.1 Å². The highest BCUT2D eigenvalue weighted by molar-refractivity contribution is 7.91. The summed E-state index contributed by atoms with van der Waals surface area (Å²) in [5.41, 5.74) is 1.01. The van der Waals surface area contributed by atoms with Gasteiger partial charge in [-0.25, -0.2) is 8.42 Å². The first kappa shape index (κ1) is 14.2. The molecule has 2 rings (SSSR count). The van der Waals surface area contributed by atoms with Crippen molar-refractivity contribution in [1.29, 1.82) is 0 Å². The van der Waals surface area contributed by atoms with E-state index in [0.29, 0.717) is 32.5 Å². The third-order valence-electron chi connectivity index (χ3n) is 3.29. The third-order valence-corrected chi connectivity index (χ3v) is 5.01. The Kier molecular flexibility index (Phi) is 4.71. The average molecular weight is 281 g/mol. The van der Waals surface area contributed by atoms with Gasteiger partial charge in [-0.2, -0.15) is 0 Å². The number of benzene rings is 1. The number of hydrogen-bond donors (Lipinski definition) is 0. The highest BCUT2D eigenvalue weighted by atomic mass is 32.2. The standard InChI is InChI=1S/C14H19NO3S/c16-14(11-13-5-2-1-3-6-13)12-15-7-4-9-19(17,18)10-8-15/h1-3,5-6H,4,7-12H2. The van der Waals surface area contributed by atoms with Crippen LogP contribution in [0.25, 0.3) is 0 Å². The lowest BCUT2D eigenvalue weighted by atomic mass is 10.1. The monoisotopic (exact) mass is 281 g/mol. The molecule has 0 radical (unpaired) electrons. The number of carbonyl (C=O) groups excluding carboxylic acids is 1. The number of sulfone groups is 1. The molecule has 19 heavy (non-hydrogen) atoms. The van der Waals surface area contributed by atoms with E-state index in [1.165, 1.54) is 0 Å². The van der Waals surface area contributed by atoms with Crippen molar-refractivity contribution in [3.8, 4) is 0 Å². The summed E-state index contributed by atoms with van der Waals surface area (Å²) in [5, 5.41) is 0. The van der Waals surface area contributed by atoms with Gasteiger partial charge in [0.15, 0.2) is 15.6 Å². The summed E-state index contributed by atoms with van der Waals surface area (Å²) in [5.74, 6) is 0.563. The minimum atomic E-state index is -2.90. The van der Waals surface area contributed by atoms with Crippen LogP contribution in [0.2, 0.25) is 0 Å². The van der Waals surface area contributed by atoms with Crippen molar-refractivity contribution in [2.24, 2.45) is 0 Å². The molecule has 4 nitrogen and oxygen atoms in total. The van der Waals surface area contributed by atoms with Crippen LogP contribution in [-0.4, -0.2) is 50.2 Å². The van der Waals surface area contributed by atoms with E-state index in [1.54, 1.807) is 0 Å². The fourth-order valence-electron chi connectivity index (χ4n) is 2.28. The van der Waals surface area contributed by atoms with Crippen LogP contribution >= 0.6 is 0 Å².